The number of benzene rings is 1. The van der Waals surface area contributed by atoms with Gasteiger partial charge in [0.2, 0.25) is 0 Å². The van der Waals surface area contributed by atoms with E-state index in [1.165, 1.54) is 23.5 Å². The Kier molecular flexibility index (Phi) is 5.81. The van der Waals surface area contributed by atoms with Crippen molar-refractivity contribution in [3.63, 3.8) is 0 Å². The molecule has 0 atom stereocenters. The number of halogens is 3. The number of ether oxygens (including phenoxy) is 1. The van der Waals surface area contributed by atoms with Crippen LogP contribution in [0.4, 0.5) is 13.2 Å². The Morgan fingerprint density at radius 3 is 2.59 bits per heavy atom. The van der Waals surface area contributed by atoms with Crippen molar-refractivity contribution in [1.29, 1.82) is 0 Å². The molecule has 1 amide bonds. The van der Waals surface area contributed by atoms with E-state index in [0.29, 0.717) is 10.6 Å². The molecule has 3 aromatic rings. The molecule has 0 aliphatic rings. The minimum atomic E-state index is -4.37. The predicted octanol–water partition coefficient (Wildman–Crippen LogP) is 5.05. The number of thiophene rings is 1. The van der Waals surface area contributed by atoms with Crippen LogP contribution in [-0.4, -0.2) is 23.7 Å². The molecule has 0 saturated carbocycles. The van der Waals surface area contributed by atoms with Crippen molar-refractivity contribution in [2.24, 2.45) is 0 Å². The fourth-order valence-electron chi connectivity index (χ4n) is 2.24. The predicted molar refractivity (Wildman–Crippen MR) is 99.3 cm³/mol. The highest BCUT2D eigenvalue weighted by Gasteiger charge is 2.28. The van der Waals surface area contributed by atoms with Crippen LogP contribution in [0.25, 0.3) is 9.88 Å². The van der Waals surface area contributed by atoms with Crippen molar-refractivity contribution in [2.75, 3.05) is 6.61 Å². The molecule has 4 nitrogen and oxygen atoms in total. The average molecular weight is 412 g/mol. The Bertz CT molecular complexity index is 904. The maximum Gasteiger partial charge on any atom is 0.422 e. The van der Waals surface area contributed by atoms with Crippen molar-refractivity contribution >= 4 is 28.6 Å². The molecule has 0 unspecified atom stereocenters. The lowest BCUT2D eigenvalue weighted by atomic mass is 10.2. The summed E-state index contributed by atoms with van der Waals surface area (Å²) in [5, 5.41) is 5.56. The van der Waals surface area contributed by atoms with Gasteiger partial charge in [0.05, 0.1) is 10.6 Å². The van der Waals surface area contributed by atoms with Gasteiger partial charge in [0.15, 0.2) is 6.61 Å². The Labute approximate surface area is 161 Å². The van der Waals surface area contributed by atoms with Gasteiger partial charge in [-0.15, -0.1) is 22.7 Å². The SMILES string of the molecule is Cc1nc(-c2cccs2)sc1C(=O)NCc1ccc(OCC(F)(F)F)cc1. The lowest BCUT2D eigenvalue weighted by Gasteiger charge is -2.10. The maximum absolute atomic E-state index is 12.4. The zero-order chi connectivity index (χ0) is 19.4. The van der Waals surface area contributed by atoms with Crippen LogP contribution in [0.15, 0.2) is 41.8 Å². The number of thiazole rings is 1. The average Bonchev–Trinajstić information content (AvgIpc) is 3.27. The molecule has 0 aliphatic carbocycles. The monoisotopic (exact) mass is 412 g/mol. The van der Waals surface area contributed by atoms with Crippen LogP contribution in [0.5, 0.6) is 5.75 Å². The molecule has 0 saturated heterocycles. The van der Waals surface area contributed by atoms with Gasteiger partial charge in [0.25, 0.3) is 5.91 Å². The van der Waals surface area contributed by atoms with E-state index in [1.54, 1.807) is 30.4 Å². The Balaban J connectivity index is 1.58. The van der Waals surface area contributed by atoms with Gasteiger partial charge >= 0.3 is 6.18 Å². The van der Waals surface area contributed by atoms with E-state index in [2.05, 4.69) is 15.0 Å². The van der Waals surface area contributed by atoms with E-state index in [-0.39, 0.29) is 18.2 Å². The van der Waals surface area contributed by atoms with E-state index in [4.69, 9.17) is 0 Å². The summed E-state index contributed by atoms with van der Waals surface area (Å²) in [6.45, 7) is 0.708. The molecule has 0 radical (unpaired) electrons. The first kappa shape index (κ1) is 19.4. The van der Waals surface area contributed by atoms with Crippen LogP contribution in [0, 0.1) is 6.92 Å². The van der Waals surface area contributed by atoms with Crippen LogP contribution < -0.4 is 10.1 Å². The largest absolute Gasteiger partial charge is 0.484 e. The molecule has 27 heavy (non-hydrogen) atoms. The second-order valence-corrected chi connectivity index (χ2v) is 7.59. The summed E-state index contributed by atoms with van der Waals surface area (Å²) in [5.74, 6) is -0.105. The summed E-state index contributed by atoms with van der Waals surface area (Å²) in [7, 11) is 0. The minimum Gasteiger partial charge on any atom is -0.484 e. The number of rotatable bonds is 6. The number of aromatic nitrogens is 1. The van der Waals surface area contributed by atoms with Crippen LogP contribution in [0.3, 0.4) is 0 Å². The number of hydrogen-bond donors (Lipinski definition) is 1. The summed E-state index contributed by atoms with van der Waals surface area (Å²) in [4.78, 5) is 18.4. The standard InChI is InChI=1S/C18H15F3N2O2S2/c1-11-15(27-17(23-11)14-3-2-8-26-14)16(24)22-9-12-4-6-13(7-5-12)25-10-18(19,20)21/h2-8H,9-10H2,1H3,(H,22,24). The van der Waals surface area contributed by atoms with Gasteiger partial charge in [-0.05, 0) is 36.1 Å². The second-order valence-electron chi connectivity index (χ2n) is 5.64. The third-order valence-corrected chi connectivity index (χ3v) is 5.71. The fraction of sp³-hybridized carbons (Fsp3) is 0.222. The number of aryl methyl sites for hydroxylation is 1. The van der Waals surface area contributed by atoms with E-state index in [0.717, 1.165) is 15.4 Å². The first-order chi connectivity index (χ1) is 12.8. The maximum atomic E-state index is 12.4. The highest BCUT2D eigenvalue weighted by atomic mass is 32.1. The number of amides is 1. The minimum absolute atomic E-state index is 0.126. The van der Waals surface area contributed by atoms with Gasteiger partial charge in [0.1, 0.15) is 15.6 Å². The Morgan fingerprint density at radius 2 is 1.96 bits per heavy atom. The molecule has 0 bridgehead atoms. The first-order valence-corrected chi connectivity index (χ1v) is 9.59. The number of hydrogen-bond acceptors (Lipinski definition) is 5. The molecule has 9 heteroatoms. The zero-order valence-electron chi connectivity index (χ0n) is 14.2. The lowest BCUT2D eigenvalue weighted by molar-refractivity contribution is -0.153. The van der Waals surface area contributed by atoms with E-state index in [9.17, 15) is 18.0 Å². The van der Waals surface area contributed by atoms with Crippen molar-refractivity contribution in [1.82, 2.24) is 10.3 Å². The number of alkyl halides is 3. The highest BCUT2D eigenvalue weighted by Crippen LogP contribution is 2.31. The molecule has 0 spiro atoms. The first-order valence-electron chi connectivity index (χ1n) is 7.90. The van der Waals surface area contributed by atoms with Crippen molar-refractivity contribution in [3.8, 4) is 15.6 Å². The van der Waals surface area contributed by atoms with Crippen molar-refractivity contribution in [3.05, 3.63) is 57.9 Å². The summed E-state index contributed by atoms with van der Waals surface area (Å²) in [6, 6.07) is 10.00. The van der Waals surface area contributed by atoms with Gasteiger partial charge in [-0.2, -0.15) is 13.2 Å². The third-order valence-electron chi connectivity index (χ3n) is 3.51. The highest BCUT2D eigenvalue weighted by molar-refractivity contribution is 7.22. The lowest BCUT2D eigenvalue weighted by Crippen LogP contribution is -2.22. The molecule has 2 heterocycles. The molecule has 0 fully saturated rings. The number of nitrogens with one attached hydrogen (secondary N) is 1. The number of carbonyl (C=O) groups excluding carboxylic acids is 1. The molecule has 142 valence electrons. The summed E-state index contributed by atoms with van der Waals surface area (Å²) in [6.07, 6.45) is -4.37. The molecular weight excluding hydrogens is 397 g/mol. The molecular formula is C18H15F3N2O2S2. The van der Waals surface area contributed by atoms with Gasteiger partial charge < -0.3 is 10.1 Å². The van der Waals surface area contributed by atoms with E-state index >= 15 is 0 Å². The normalized spacial score (nSPS) is 11.4. The van der Waals surface area contributed by atoms with Gasteiger partial charge in [-0.25, -0.2) is 4.98 Å². The zero-order valence-corrected chi connectivity index (χ0v) is 15.8. The van der Waals surface area contributed by atoms with Gasteiger partial charge in [-0.1, -0.05) is 18.2 Å². The van der Waals surface area contributed by atoms with Gasteiger partial charge in [-0.3, -0.25) is 4.79 Å². The van der Waals surface area contributed by atoms with Crippen molar-refractivity contribution < 1.29 is 22.7 Å². The summed E-state index contributed by atoms with van der Waals surface area (Å²) in [5.41, 5.74) is 1.42. The van der Waals surface area contributed by atoms with Crippen LogP contribution in [0.2, 0.25) is 0 Å². The molecule has 1 N–H and O–H groups in total. The second kappa shape index (κ2) is 8.10. The van der Waals surface area contributed by atoms with Crippen LogP contribution in [0.1, 0.15) is 20.9 Å². The Hall–Kier alpha value is -2.39. The molecule has 2 aromatic heterocycles. The molecule has 1 aromatic carbocycles. The number of carbonyl (C=O) groups is 1. The van der Waals surface area contributed by atoms with Crippen LogP contribution in [-0.2, 0) is 6.54 Å². The summed E-state index contributed by atoms with van der Waals surface area (Å²) < 4.78 is 41.1. The quantitative estimate of drug-likeness (QED) is 0.616. The van der Waals surface area contributed by atoms with Crippen molar-refractivity contribution in [2.45, 2.75) is 19.6 Å². The Morgan fingerprint density at radius 1 is 1.22 bits per heavy atom. The summed E-state index contributed by atoms with van der Waals surface area (Å²) >= 11 is 2.89. The fourth-order valence-corrected chi connectivity index (χ4v) is 4.02. The van der Waals surface area contributed by atoms with E-state index in [1.807, 2.05) is 17.5 Å². The topological polar surface area (TPSA) is 51.2 Å². The molecule has 3 rings (SSSR count). The van der Waals surface area contributed by atoms with Crippen LogP contribution >= 0.6 is 22.7 Å². The molecule has 0 aliphatic heterocycles. The van der Waals surface area contributed by atoms with E-state index < -0.39 is 12.8 Å². The smallest absolute Gasteiger partial charge is 0.422 e. The van der Waals surface area contributed by atoms with Gasteiger partial charge in [0, 0.05) is 6.54 Å². The third kappa shape index (κ3) is 5.30. The number of nitrogens with zero attached hydrogens (tertiary/aromatic N) is 1.